The summed E-state index contributed by atoms with van der Waals surface area (Å²) in [5.41, 5.74) is 1.70. The highest BCUT2D eigenvalue weighted by atomic mass is 16.1. The Morgan fingerprint density at radius 3 is 3.00 bits per heavy atom. The van der Waals surface area contributed by atoms with Gasteiger partial charge in [-0.3, -0.25) is 4.79 Å². The molecule has 108 valence electrons. The second-order valence-corrected chi connectivity index (χ2v) is 6.02. The van der Waals surface area contributed by atoms with Gasteiger partial charge in [0.25, 0.3) is 0 Å². The third-order valence-electron chi connectivity index (χ3n) is 4.43. The van der Waals surface area contributed by atoms with E-state index in [2.05, 4.69) is 33.9 Å². The third-order valence-corrected chi connectivity index (χ3v) is 4.43. The van der Waals surface area contributed by atoms with Gasteiger partial charge in [-0.2, -0.15) is 0 Å². The highest BCUT2D eigenvalue weighted by Crippen LogP contribution is 2.19. The fourth-order valence-corrected chi connectivity index (χ4v) is 3.06. The Morgan fingerprint density at radius 1 is 1.30 bits per heavy atom. The number of rotatable bonds is 2. The molecule has 1 fully saturated rings. The van der Waals surface area contributed by atoms with Crippen LogP contribution in [0.25, 0.3) is 0 Å². The predicted molar refractivity (Wildman–Crippen MR) is 76.9 cm³/mol. The minimum atomic E-state index is 0.201. The standard InChI is InChI=1S/C15H22N4O/c1-18-6-7-19(2)11(10-18)8-15-16-9-12-13(17-15)4-3-5-14(12)20/h9,11H,3-8,10H2,1-2H3. The van der Waals surface area contributed by atoms with Gasteiger partial charge in [-0.25, -0.2) is 9.97 Å². The van der Waals surface area contributed by atoms with E-state index in [1.807, 2.05) is 0 Å². The summed E-state index contributed by atoms with van der Waals surface area (Å²) in [4.78, 5) is 25.6. The number of ketones is 1. The van der Waals surface area contributed by atoms with Gasteiger partial charge in [-0.05, 0) is 26.9 Å². The molecule has 1 aromatic rings. The lowest BCUT2D eigenvalue weighted by Gasteiger charge is -2.37. The maximum absolute atomic E-state index is 11.8. The molecular formula is C15H22N4O. The van der Waals surface area contributed by atoms with Crippen molar-refractivity contribution >= 4 is 5.78 Å². The first kappa shape index (κ1) is 13.6. The normalized spacial score (nSPS) is 24.7. The van der Waals surface area contributed by atoms with E-state index >= 15 is 0 Å². The van der Waals surface area contributed by atoms with Crippen LogP contribution < -0.4 is 0 Å². The van der Waals surface area contributed by atoms with Gasteiger partial charge in [-0.1, -0.05) is 0 Å². The number of carbonyl (C=O) groups excluding carboxylic acids is 1. The molecule has 0 radical (unpaired) electrons. The van der Waals surface area contributed by atoms with Crippen molar-refractivity contribution in [2.45, 2.75) is 31.7 Å². The molecule has 0 amide bonds. The van der Waals surface area contributed by atoms with Crippen LogP contribution in [0.1, 0.15) is 34.7 Å². The molecule has 20 heavy (non-hydrogen) atoms. The molecule has 1 saturated heterocycles. The summed E-state index contributed by atoms with van der Waals surface area (Å²) in [5.74, 6) is 1.08. The van der Waals surface area contributed by atoms with E-state index in [0.717, 1.165) is 56.0 Å². The molecule has 1 aliphatic heterocycles. The van der Waals surface area contributed by atoms with Crippen LogP contribution in [0, 0.1) is 0 Å². The topological polar surface area (TPSA) is 49.3 Å². The Balaban J connectivity index is 1.76. The molecule has 5 heteroatoms. The van der Waals surface area contributed by atoms with E-state index in [-0.39, 0.29) is 5.78 Å². The summed E-state index contributed by atoms with van der Waals surface area (Å²) in [7, 11) is 4.33. The molecule has 1 aliphatic carbocycles. The number of hydrogen-bond acceptors (Lipinski definition) is 5. The molecule has 3 rings (SSSR count). The van der Waals surface area contributed by atoms with Crippen molar-refractivity contribution in [1.82, 2.24) is 19.8 Å². The lowest BCUT2D eigenvalue weighted by atomic mass is 9.96. The van der Waals surface area contributed by atoms with Crippen LogP contribution in [-0.4, -0.2) is 65.3 Å². The number of carbonyl (C=O) groups is 1. The van der Waals surface area contributed by atoms with E-state index < -0.39 is 0 Å². The van der Waals surface area contributed by atoms with Crippen molar-refractivity contribution in [3.63, 3.8) is 0 Å². The fraction of sp³-hybridized carbons (Fsp3) is 0.667. The number of nitrogens with zero attached hydrogens (tertiary/aromatic N) is 4. The van der Waals surface area contributed by atoms with E-state index in [1.54, 1.807) is 6.20 Å². The zero-order chi connectivity index (χ0) is 14.1. The molecule has 0 N–H and O–H groups in total. The minimum absolute atomic E-state index is 0.201. The van der Waals surface area contributed by atoms with Crippen LogP contribution in [0.4, 0.5) is 0 Å². The summed E-state index contributed by atoms with van der Waals surface area (Å²) in [6, 6.07) is 0.464. The number of aromatic nitrogens is 2. The van der Waals surface area contributed by atoms with E-state index in [0.29, 0.717) is 12.5 Å². The highest BCUT2D eigenvalue weighted by Gasteiger charge is 2.25. The fourth-order valence-electron chi connectivity index (χ4n) is 3.06. The molecule has 1 aromatic heterocycles. The van der Waals surface area contributed by atoms with Crippen molar-refractivity contribution in [2.75, 3.05) is 33.7 Å². The Hall–Kier alpha value is -1.33. The monoisotopic (exact) mass is 274 g/mol. The molecule has 1 atom stereocenters. The second-order valence-electron chi connectivity index (χ2n) is 6.02. The van der Waals surface area contributed by atoms with Gasteiger partial charge in [0.2, 0.25) is 0 Å². The predicted octanol–water partition coefficient (Wildman–Crippen LogP) is 0.784. The van der Waals surface area contributed by atoms with Gasteiger partial charge >= 0.3 is 0 Å². The van der Waals surface area contributed by atoms with Gasteiger partial charge in [0.1, 0.15) is 5.82 Å². The Bertz CT molecular complexity index is 517. The summed E-state index contributed by atoms with van der Waals surface area (Å²) in [6.45, 7) is 3.26. The van der Waals surface area contributed by atoms with E-state index in [9.17, 15) is 4.79 Å². The van der Waals surface area contributed by atoms with Crippen LogP contribution in [0.15, 0.2) is 6.20 Å². The van der Waals surface area contributed by atoms with Crippen molar-refractivity contribution in [1.29, 1.82) is 0 Å². The van der Waals surface area contributed by atoms with Crippen LogP contribution in [0.2, 0.25) is 0 Å². The Kier molecular flexibility index (Phi) is 3.81. The summed E-state index contributed by atoms with van der Waals surface area (Å²) in [5, 5.41) is 0. The number of Topliss-reactive ketones (excluding diaryl/α,β-unsaturated/α-hetero) is 1. The molecule has 0 saturated carbocycles. The second kappa shape index (κ2) is 5.58. The maximum atomic E-state index is 11.8. The Labute approximate surface area is 120 Å². The molecular weight excluding hydrogens is 252 g/mol. The molecule has 1 unspecified atom stereocenters. The average Bonchev–Trinajstić information content (AvgIpc) is 2.43. The van der Waals surface area contributed by atoms with Gasteiger partial charge in [0.15, 0.2) is 5.78 Å². The molecule has 2 heterocycles. The van der Waals surface area contributed by atoms with Crippen LogP contribution in [0.3, 0.4) is 0 Å². The van der Waals surface area contributed by atoms with Crippen LogP contribution in [0.5, 0.6) is 0 Å². The number of fused-ring (bicyclic) bond motifs is 1. The van der Waals surface area contributed by atoms with E-state index in [4.69, 9.17) is 0 Å². The quantitative estimate of drug-likeness (QED) is 0.798. The first-order valence-electron chi connectivity index (χ1n) is 7.40. The molecule has 5 nitrogen and oxygen atoms in total. The molecule has 0 spiro atoms. The van der Waals surface area contributed by atoms with Gasteiger partial charge in [0, 0.05) is 44.7 Å². The van der Waals surface area contributed by atoms with Crippen molar-refractivity contribution in [3.8, 4) is 0 Å². The molecule has 0 bridgehead atoms. The van der Waals surface area contributed by atoms with Crippen molar-refractivity contribution < 1.29 is 4.79 Å². The van der Waals surface area contributed by atoms with Crippen molar-refractivity contribution in [2.24, 2.45) is 0 Å². The lowest BCUT2D eigenvalue weighted by molar-refractivity contribution is 0.0970. The lowest BCUT2D eigenvalue weighted by Crippen LogP contribution is -2.51. The smallest absolute Gasteiger partial charge is 0.166 e. The first-order valence-corrected chi connectivity index (χ1v) is 7.40. The average molecular weight is 274 g/mol. The SMILES string of the molecule is CN1CCN(C)C(Cc2ncc3c(n2)CCCC3=O)C1. The van der Waals surface area contributed by atoms with Crippen molar-refractivity contribution in [3.05, 3.63) is 23.3 Å². The third kappa shape index (κ3) is 2.74. The zero-order valence-corrected chi connectivity index (χ0v) is 12.3. The van der Waals surface area contributed by atoms with Gasteiger partial charge in [0.05, 0.1) is 11.3 Å². The van der Waals surface area contributed by atoms with E-state index in [1.165, 1.54) is 0 Å². The number of hydrogen-bond donors (Lipinski definition) is 0. The first-order chi connectivity index (χ1) is 9.63. The van der Waals surface area contributed by atoms with Gasteiger partial charge in [-0.15, -0.1) is 0 Å². The van der Waals surface area contributed by atoms with Crippen LogP contribution in [-0.2, 0) is 12.8 Å². The summed E-state index contributed by atoms with van der Waals surface area (Å²) < 4.78 is 0. The molecule has 2 aliphatic rings. The molecule has 0 aromatic carbocycles. The summed E-state index contributed by atoms with van der Waals surface area (Å²) in [6.07, 6.45) is 5.09. The number of likely N-dealkylation sites (N-methyl/N-ethyl adjacent to an activating group) is 2. The zero-order valence-electron chi connectivity index (χ0n) is 12.3. The van der Waals surface area contributed by atoms with Gasteiger partial charge < -0.3 is 9.80 Å². The number of piperazine rings is 1. The summed E-state index contributed by atoms with van der Waals surface area (Å²) >= 11 is 0. The highest BCUT2D eigenvalue weighted by molar-refractivity contribution is 5.97. The largest absolute Gasteiger partial charge is 0.304 e. The maximum Gasteiger partial charge on any atom is 0.166 e. The van der Waals surface area contributed by atoms with Crippen LogP contribution >= 0.6 is 0 Å². The minimum Gasteiger partial charge on any atom is -0.304 e. The Morgan fingerprint density at radius 2 is 2.15 bits per heavy atom. The number of aryl methyl sites for hydroxylation is 1.